The summed E-state index contributed by atoms with van der Waals surface area (Å²) in [5.41, 5.74) is 2.11. The van der Waals surface area contributed by atoms with Crippen LogP contribution in [0.5, 0.6) is 0 Å². The molecule has 128 valence electrons. The summed E-state index contributed by atoms with van der Waals surface area (Å²) in [6.45, 7) is 1.66. The number of rotatable bonds is 7. The van der Waals surface area contributed by atoms with Crippen LogP contribution < -0.4 is 4.72 Å². The topological polar surface area (TPSA) is 86.7 Å². The van der Waals surface area contributed by atoms with Crippen molar-refractivity contribution in [1.82, 2.24) is 9.62 Å². The number of nitrogens with one attached hydrogen (secondary N) is 1. The van der Waals surface area contributed by atoms with Crippen LogP contribution in [0.4, 0.5) is 0 Å². The first kappa shape index (κ1) is 17.9. The van der Waals surface area contributed by atoms with Crippen LogP contribution in [-0.4, -0.2) is 50.2 Å². The highest BCUT2D eigenvalue weighted by molar-refractivity contribution is 7.88. The van der Waals surface area contributed by atoms with Gasteiger partial charge in [0.2, 0.25) is 15.9 Å². The van der Waals surface area contributed by atoms with Gasteiger partial charge >= 0.3 is 0 Å². The standard InChI is InChI=1S/C16H24N2O4S/c1-23(21,22)17-8-6-16(20)18-9-7-15(11-18)10-13-2-4-14(12-19)5-3-13/h2-5,15,17,19H,6-12H2,1H3/t15-/m1/s1. The molecule has 1 aliphatic heterocycles. The third-order valence-electron chi connectivity index (χ3n) is 4.07. The largest absolute Gasteiger partial charge is 0.392 e. The van der Waals surface area contributed by atoms with Gasteiger partial charge < -0.3 is 10.0 Å². The number of amides is 1. The Bertz CT molecular complexity index is 628. The lowest BCUT2D eigenvalue weighted by atomic mass is 9.98. The zero-order valence-corrected chi connectivity index (χ0v) is 14.2. The van der Waals surface area contributed by atoms with Crippen molar-refractivity contribution >= 4 is 15.9 Å². The molecule has 0 spiro atoms. The molecule has 0 aliphatic carbocycles. The van der Waals surface area contributed by atoms with Crippen LogP contribution >= 0.6 is 0 Å². The van der Waals surface area contributed by atoms with E-state index in [0.29, 0.717) is 5.92 Å². The van der Waals surface area contributed by atoms with Crippen molar-refractivity contribution in [2.45, 2.75) is 25.9 Å². The fraction of sp³-hybridized carbons (Fsp3) is 0.562. The Kier molecular flexibility index (Phi) is 6.15. The molecule has 0 bridgehead atoms. The molecule has 1 fully saturated rings. The summed E-state index contributed by atoms with van der Waals surface area (Å²) >= 11 is 0. The molecule has 1 heterocycles. The number of carbonyl (C=O) groups is 1. The molecule has 23 heavy (non-hydrogen) atoms. The normalized spacial score (nSPS) is 18.3. The molecule has 0 radical (unpaired) electrons. The number of hydrogen-bond donors (Lipinski definition) is 2. The molecule has 1 aromatic carbocycles. The monoisotopic (exact) mass is 340 g/mol. The first-order valence-electron chi connectivity index (χ1n) is 7.78. The minimum Gasteiger partial charge on any atom is -0.392 e. The maximum atomic E-state index is 12.1. The summed E-state index contributed by atoms with van der Waals surface area (Å²) in [6.07, 6.45) is 3.17. The van der Waals surface area contributed by atoms with Crippen LogP contribution in [0.25, 0.3) is 0 Å². The van der Waals surface area contributed by atoms with Gasteiger partial charge in [-0.1, -0.05) is 24.3 Å². The Labute approximate surface area is 137 Å². The van der Waals surface area contributed by atoms with Gasteiger partial charge in [-0.2, -0.15) is 0 Å². The molecular formula is C16H24N2O4S. The zero-order chi connectivity index (χ0) is 16.9. The van der Waals surface area contributed by atoms with Crippen molar-refractivity contribution in [2.75, 3.05) is 25.9 Å². The Morgan fingerprint density at radius 3 is 2.57 bits per heavy atom. The fourth-order valence-electron chi connectivity index (χ4n) is 2.84. The van der Waals surface area contributed by atoms with E-state index >= 15 is 0 Å². The van der Waals surface area contributed by atoms with E-state index < -0.39 is 10.0 Å². The summed E-state index contributed by atoms with van der Waals surface area (Å²) in [7, 11) is -3.24. The molecule has 1 amide bonds. The van der Waals surface area contributed by atoms with Gasteiger partial charge in [0.05, 0.1) is 12.9 Å². The first-order chi connectivity index (χ1) is 10.9. The second-order valence-electron chi connectivity index (χ2n) is 6.09. The Balaban J connectivity index is 1.77. The van der Waals surface area contributed by atoms with Gasteiger partial charge in [0.15, 0.2) is 0 Å². The van der Waals surface area contributed by atoms with E-state index in [0.717, 1.165) is 37.8 Å². The molecule has 1 saturated heterocycles. The number of benzene rings is 1. The summed E-state index contributed by atoms with van der Waals surface area (Å²) in [5, 5.41) is 9.04. The van der Waals surface area contributed by atoms with Crippen LogP contribution in [-0.2, 0) is 27.8 Å². The minimum atomic E-state index is -3.24. The van der Waals surface area contributed by atoms with E-state index in [4.69, 9.17) is 5.11 Å². The van der Waals surface area contributed by atoms with E-state index in [2.05, 4.69) is 4.72 Å². The smallest absolute Gasteiger partial charge is 0.223 e. The summed E-state index contributed by atoms with van der Waals surface area (Å²) in [4.78, 5) is 13.9. The molecule has 0 aromatic heterocycles. The number of carbonyl (C=O) groups excluding carboxylic acids is 1. The van der Waals surface area contributed by atoms with Crippen LogP contribution in [0.15, 0.2) is 24.3 Å². The van der Waals surface area contributed by atoms with Crippen molar-refractivity contribution in [3.8, 4) is 0 Å². The molecule has 1 aliphatic rings. The summed E-state index contributed by atoms with van der Waals surface area (Å²) in [6, 6.07) is 7.88. The molecule has 0 unspecified atom stereocenters. The average molecular weight is 340 g/mol. The van der Waals surface area contributed by atoms with E-state index in [-0.39, 0.29) is 25.5 Å². The molecule has 2 N–H and O–H groups in total. The minimum absolute atomic E-state index is 0.000668. The zero-order valence-electron chi connectivity index (χ0n) is 13.4. The Morgan fingerprint density at radius 2 is 1.96 bits per heavy atom. The number of aliphatic hydroxyl groups is 1. The van der Waals surface area contributed by atoms with Gasteiger partial charge in [0.1, 0.15) is 0 Å². The van der Waals surface area contributed by atoms with E-state index in [9.17, 15) is 13.2 Å². The number of sulfonamides is 1. The molecule has 0 saturated carbocycles. The van der Waals surface area contributed by atoms with Gasteiger partial charge in [0.25, 0.3) is 0 Å². The lowest BCUT2D eigenvalue weighted by Gasteiger charge is -2.16. The van der Waals surface area contributed by atoms with Crippen molar-refractivity contribution in [1.29, 1.82) is 0 Å². The van der Waals surface area contributed by atoms with Gasteiger partial charge in [-0.25, -0.2) is 13.1 Å². The van der Waals surface area contributed by atoms with Crippen molar-refractivity contribution in [3.05, 3.63) is 35.4 Å². The molecule has 2 rings (SSSR count). The highest BCUT2D eigenvalue weighted by Crippen LogP contribution is 2.21. The summed E-state index contributed by atoms with van der Waals surface area (Å²) in [5.74, 6) is 0.432. The third-order valence-corrected chi connectivity index (χ3v) is 4.80. The molecule has 1 aromatic rings. The highest BCUT2D eigenvalue weighted by Gasteiger charge is 2.26. The number of likely N-dealkylation sites (tertiary alicyclic amines) is 1. The second-order valence-corrected chi connectivity index (χ2v) is 7.92. The molecular weight excluding hydrogens is 316 g/mol. The SMILES string of the molecule is CS(=O)(=O)NCCC(=O)N1CC[C@H](Cc2ccc(CO)cc2)C1. The number of hydrogen-bond acceptors (Lipinski definition) is 4. The lowest BCUT2D eigenvalue weighted by Crippen LogP contribution is -2.33. The van der Waals surface area contributed by atoms with Crippen molar-refractivity contribution in [3.63, 3.8) is 0 Å². The van der Waals surface area contributed by atoms with Crippen LogP contribution in [0.2, 0.25) is 0 Å². The quantitative estimate of drug-likeness (QED) is 0.757. The van der Waals surface area contributed by atoms with Crippen molar-refractivity contribution in [2.24, 2.45) is 5.92 Å². The highest BCUT2D eigenvalue weighted by atomic mass is 32.2. The maximum Gasteiger partial charge on any atom is 0.223 e. The molecule has 1 atom stereocenters. The van der Waals surface area contributed by atoms with Gasteiger partial charge in [-0.15, -0.1) is 0 Å². The first-order valence-corrected chi connectivity index (χ1v) is 9.67. The van der Waals surface area contributed by atoms with E-state index in [1.54, 1.807) is 0 Å². The second kappa shape index (κ2) is 7.90. The Hall–Kier alpha value is -1.44. The third kappa shape index (κ3) is 5.93. The lowest BCUT2D eigenvalue weighted by molar-refractivity contribution is -0.130. The van der Waals surface area contributed by atoms with Gasteiger partial charge in [-0.05, 0) is 29.9 Å². The van der Waals surface area contributed by atoms with Crippen molar-refractivity contribution < 1.29 is 18.3 Å². The maximum absolute atomic E-state index is 12.1. The van der Waals surface area contributed by atoms with Crippen LogP contribution in [0, 0.1) is 5.92 Å². The van der Waals surface area contributed by atoms with Gasteiger partial charge in [0, 0.05) is 26.1 Å². The summed E-state index contributed by atoms with van der Waals surface area (Å²) < 4.78 is 24.3. The van der Waals surface area contributed by atoms with E-state index in [1.165, 1.54) is 5.56 Å². The van der Waals surface area contributed by atoms with Gasteiger partial charge in [-0.3, -0.25) is 4.79 Å². The Morgan fingerprint density at radius 1 is 1.30 bits per heavy atom. The van der Waals surface area contributed by atoms with Crippen LogP contribution in [0.1, 0.15) is 24.0 Å². The molecule has 7 heteroatoms. The van der Waals surface area contributed by atoms with Crippen LogP contribution in [0.3, 0.4) is 0 Å². The average Bonchev–Trinajstić information content (AvgIpc) is 2.95. The predicted molar refractivity (Wildman–Crippen MR) is 88.2 cm³/mol. The predicted octanol–water partition coefficient (Wildman–Crippen LogP) is 0.509. The number of nitrogens with zero attached hydrogens (tertiary/aromatic N) is 1. The van der Waals surface area contributed by atoms with E-state index in [1.807, 2.05) is 29.2 Å². The fourth-order valence-corrected chi connectivity index (χ4v) is 3.31. The number of aliphatic hydroxyl groups excluding tert-OH is 1. The molecule has 6 nitrogen and oxygen atoms in total.